The third-order valence-electron chi connectivity index (χ3n) is 8.16. The van der Waals surface area contributed by atoms with Crippen LogP contribution in [-0.4, -0.2) is 80.1 Å². The molecule has 0 spiro atoms. The monoisotopic (exact) mass is 484 g/mol. The van der Waals surface area contributed by atoms with Gasteiger partial charge in [-0.05, 0) is 64.4 Å². The number of nitrogens with one attached hydrogen (secondary N) is 1. The van der Waals surface area contributed by atoms with E-state index < -0.39 is 0 Å². The molecule has 0 aliphatic carbocycles. The highest BCUT2D eigenvalue weighted by molar-refractivity contribution is 5.91. The van der Waals surface area contributed by atoms with Crippen LogP contribution in [0.1, 0.15) is 37.3 Å². The SMILES string of the molecule is Cc1cc(-c2cnc3[nH]cc(-c4cnn(C5CCN(C)CC5)c4)c3n2)cnc1N1CC2CCC1CO2. The number of piperidine rings is 2. The maximum atomic E-state index is 5.88. The molecule has 2 unspecified atom stereocenters. The van der Waals surface area contributed by atoms with Crippen LogP contribution in [-0.2, 0) is 4.74 Å². The number of hydrogen-bond acceptors (Lipinski definition) is 7. The molecule has 9 heteroatoms. The number of ether oxygens (including phenoxy) is 1. The van der Waals surface area contributed by atoms with Gasteiger partial charge in [0.25, 0.3) is 0 Å². The predicted molar refractivity (Wildman–Crippen MR) is 139 cm³/mol. The molecule has 4 aliphatic heterocycles. The van der Waals surface area contributed by atoms with E-state index in [-0.39, 0.29) is 0 Å². The summed E-state index contributed by atoms with van der Waals surface area (Å²) in [6, 6.07) is 3.07. The molecule has 36 heavy (non-hydrogen) atoms. The first kappa shape index (κ1) is 21.9. The van der Waals surface area contributed by atoms with Crippen LogP contribution in [0.15, 0.2) is 37.1 Å². The number of hydrogen-bond donors (Lipinski definition) is 1. The van der Waals surface area contributed by atoms with Gasteiger partial charge in [0, 0.05) is 41.8 Å². The Labute approximate surface area is 210 Å². The fraction of sp³-hybridized carbons (Fsp3) is 0.481. The number of likely N-dealkylation sites (tertiary alicyclic amines) is 1. The van der Waals surface area contributed by atoms with Gasteiger partial charge in [-0.25, -0.2) is 15.0 Å². The lowest BCUT2D eigenvalue weighted by molar-refractivity contribution is -0.0229. The standard InChI is InChI=1S/C27H32N8O/c1-17-9-18(10-30-27(17)34-15-22-4-3-21(34)16-36-22)24-13-29-26-25(32-24)23(12-28-26)19-11-31-35(14-19)20-5-7-33(2)8-6-20/h9-14,20-22H,3-8,15-16H2,1-2H3,(H,28,29). The molecule has 0 radical (unpaired) electrons. The van der Waals surface area contributed by atoms with Crippen molar-refractivity contribution in [1.29, 1.82) is 0 Å². The van der Waals surface area contributed by atoms with Gasteiger partial charge in [0.15, 0.2) is 5.65 Å². The third kappa shape index (κ3) is 3.77. The van der Waals surface area contributed by atoms with Crippen molar-refractivity contribution in [3.8, 4) is 22.4 Å². The molecule has 9 nitrogen and oxygen atoms in total. The Morgan fingerprint density at radius 1 is 1.00 bits per heavy atom. The van der Waals surface area contributed by atoms with Gasteiger partial charge in [0.1, 0.15) is 11.3 Å². The van der Waals surface area contributed by atoms with Crippen molar-refractivity contribution >= 4 is 17.0 Å². The van der Waals surface area contributed by atoms with Crippen LogP contribution < -0.4 is 4.90 Å². The van der Waals surface area contributed by atoms with Gasteiger partial charge in [0.05, 0.1) is 42.9 Å². The van der Waals surface area contributed by atoms with E-state index in [1.165, 1.54) is 6.42 Å². The highest BCUT2D eigenvalue weighted by Crippen LogP contribution is 2.34. The molecule has 8 rings (SSSR count). The zero-order valence-electron chi connectivity index (χ0n) is 20.9. The van der Waals surface area contributed by atoms with Crippen molar-refractivity contribution in [2.45, 2.75) is 50.8 Å². The van der Waals surface area contributed by atoms with E-state index in [0.29, 0.717) is 18.2 Å². The number of H-pyrrole nitrogens is 1. The lowest BCUT2D eigenvalue weighted by Crippen LogP contribution is -2.55. The molecule has 0 saturated carbocycles. The number of pyridine rings is 1. The second-order valence-electron chi connectivity index (χ2n) is 10.6. The van der Waals surface area contributed by atoms with E-state index in [1.54, 1.807) is 0 Å². The van der Waals surface area contributed by atoms with Crippen LogP contribution in [0.5, 0.6) is 0 Å². The van der Waals surface area contributed by atoms with Gasteiger partial charge in [-0.1, -0.05) is 0 Å². The van der Waals surface area contributed by atoms with E-state index in [2.05, 4.69) is 50.7 Å². The molecule has 8 heterocycles. The van der Waals surface area contributed by atoms with Crippen LogP contribution in [0, 0.1) is 6.92 Å². The quantitative estimate of drug-likeness (QED) is 0.471. The molecule has 1 N–H and O–H groups in total. The van der Waals surface area contributed by atoms with Crippen LogP contribution >= 0.6 is 0 Å². The minimum Gasteiger partial charge on any atom is -0.374 e. The van der Waals surface area contributed by atoms with Crippen molar-refractivity contribution in [3.63, 3.8) is 0 Å². The molecule has 4 saturated heterocycles. The molecule has 4 aromatic heterocycles. The van der Waals surface area contributed by atoms with Crippen molar-refractivity contribution in [1.82, 2.24) is 34.6 Å². The number of aromatic nitrogens is 6. The molecule has 0 aromatic carbocycles. The van der Waals surface area contributed by atoms with Gasteiger partial charge >= 0.3 is 0 Å². The van der Waals surface area contributed by atoms with Crippen LogP contribution in [0.25, 0.3) is 33.5 Å². The molecule has 186 valence electrons. The van der Waals surface area contributed by atoms with Crippen molar-refractivity contribution in [3.05, 3.63) is 42.6 Å². The van der Waals surface area contributed by atoms with Crippen molar-refractivity contribution in [2.24, 2.45) is 0 Å². The Morgan fingerprint density at radius 2 is 1.89 bits per heavy atom. The van der Waals surface area contributed by atoms with Crippen LogP contribution in [0.3, 0.4) is 0 Å². The molecule has 2 bridgehead atoms. The first-order valence-corrected chi connectivity index (χ1v) is 13.0. The summed E-state index contributed by atoms with van der Waals surface area (Å²) in [5.74, 6) is 1.06. The fourth-order valence-electron chi connectivity index (χ4n) is 6.00. The van der Waals surface area contributed by atoms with Crippen molar-refractivity contribution in [2.75, 3.05) is 38.2 Å². The lowest BCUT2D eigenvalue weighted by atomic mass is 9.96. The minimum absolute atomic E-state index is 0.333. The van der Waals surface area contributed by atoms with Gasteiger partial charge < -0.3 is 19.5 Å². The summed E-state index contributed by atoms with van der Waals surface area (Å²) in [5, 5.41) is 4.70. The topological polar surface area (TPSA) is 88.0 Å². The third-order valence-corrected chi connectivity index (χ3v) is 8.16. The second-order valence-corrected chi connectivity index (χ2v) is 10.6. The molecule has 2 atom stereocenters. The average Bonchev–Trinajstić information content (AvgIpc) is 3.57. The second kappa shape index (κ2) is 8.67. The number of aromatic amines is 1. The van der Waals surface area contributed by atoms with E-state index >= 15 is 0 Å². The van der Waals surface area contributed by atoms with E-state index in [4.69, 9.17) is 19.8 Å². The summed E-state index contributed by atoms with van der Waals surface area (Å²) in [4.78, 5) is 22.7. The summed E-state index contributed by atoms with van der Waals surface area (Å²) in [6.07, 6.45) is 14.8. The summed E-state index contributed by atoms with van der Waals surface area (Å²) < 4.78 is 8.01. The maximum absolute atomic E-state index is 5.88. The first-order valence-electron chi connectivity index (χ1n) is 13.0. The van der Waals surface area contributed by atoms with Gasteiger partial charge in [-0.2, -0.15) is 5.10 Å². The molecule has 4 aliphatic rings. The Morgan fingerprint density at radius 3 is 2.64 bits per heavy atom. The minimum atomic E-state index is 0.333. The molecule has 0 amide bonds. The normalized spacial score (nSPS) is 23.1. The number of fused-ring (bicyclic) bond motifs is 4. The molecule has 4 aromatic rings. The summed E-state index contributed by atoms with van der Waals surface area (Å²) in [5.41, 5.74) is 6.72. The molecule has 4 fully saturated rings. The highest BCUT2D eigenvalue weighted by Gasteiger charge is 2.35. The smallest absolute Gasteiger partial charge is 0.156 e. The van der Waals surface area contributed by atoms with Crippen LogP contribution in [0.4, 0.5) is 5.82 Å². The van der Waals surface area contributed by atoms with Gasteiger partial charge in [0.2, 0.25) is 0 Å². The fourth-order valence-corrected chi connectivity index (χ4v) is 6.00. The Hall–Kier alpha value is -3.30. The van der Waals surface area contributed by atoms with Crippen molar-refractivity contribution < 1.29 is 4.74 Å². The molecular weight excluding hydrogens is 452 g/mol. The predicted octanol–water partition coefficient (Wildman–Crippen LogP) is 3.83. The zero-order chi connectivity index (χ0) is 24.2. The summed E-state index contributed by atoms with van der Waals surface area (Å²) >= 11 is 0. The summed E-state index contributed by atoms with van der Waals surface area (Å²) in [7, 11) is 2.18. The van der Waals surface area contributed by atoms with Gasteiger partial charge in [-0.3, -0.25) is 4.68 Å². The Balaban J connectivity index is 1.18. The van der Waals surface area contributed by atoms with Gasteiger partial charge in [-0.15, -0.1) is 0 Å². The van der Waals surface area contributed by atoms with Crippen LogP contribution in [0.2, 0.25) is 0 Å². The highest BCUT2D eigenvalue weighted by atomic mass is 16.5. The number of aryl methyl sites for hydroxylation is 1. The number of rotatable bonds is 4. The average molecular weight is 485 g/mol. The van der Waals surface area contributed by atoms with E-state index in [9.17, 15) is 0 Å². The molecular formula is C27H32N8O. The Bertz CT molecular complexity index is 1390. The largest absolute Gasteiger partial charge is 0.374 e. The first-order chi connectivity index (χ1) is 17.6. The lowest BCUT2D eigenvalue weighted by Gasteiger charge is -2.46. The Kier molecular flexibility index (Phi) is 5.28. The maximum Gasteiger partial charge on any atom is 0.156 e. The number of anilines is 1. The number of morpholine rings is 1. The summed E-state index contributed by atoms with van der Waals surface area (Å²) in [6.45, 7) is 6.10. The number of nitrogens with zero attached hydrogens (tertiary/aromatic N) is 7. The zero-order valence-corrected chi connectivity index (χ0v) is 20.9. The van der Waals surface area contributed by atoms with E-state index in [1.807, 2.05) is 24.8 Å². The van der Waals surface area contributed by atoms with E-state index in [0.717, 1.165) is 90.4 Å².